The molecular formula is C10H6S4. The molecule has 2 heterocycles. The first-order valence-corrected chi connectivity index (χ1v) is 6.72. The predicted molar refractivity (Wildman–Crippen MR) is 71.7 cm³/mol. The maximum atomic E-state index is 4.58. The quantitative estimate of drug-likeness (QED) is 0.534. The summed E-state index contributed by atoms with van der Waals surface area (Å²) >= 11 is 12.6. The van der Waals surface area contributed by atoms with Crippen LogP contribution < -0.4 is 0 Å². The van der Waals surface area contributed by atoms with Crippen molar-refractivity contribution in [3.8, 4) is 0 Å². The van der Waals surface area contributed by atoms with Gasteiger partial charge in [-0.2, -0.15) is 0 Å². The van der Waals surface area contributed by atoms with E-state index in [-0.39, 0.29) is 0 Å². The second-order valence-electron chi connectivity index (χ2n) is 3.02. The molecule has 1 aromatic carbocycles. The maximum Gasteiger partial charge on any atom is 0.0494 e. The van der Waals surface area contributed by atoms with Gasteiger partial charge in [-0.1, -0.05) is 0 Å². The van der Waals surface area contributed by atoms with Crippen LogP contribution in [0.15, 0.2) is 32.7 Å². The zero-order chi connectivity index (χ0) is 9.71. The number of hydrogen-bond acceptors (Lipinski definition) is 4. The van der Waals surface area contributed by atoms with E-state index in [9.17, 15) is 0 Å². The molecule has 0 amide bonds. The second kappa shape index (κ2) is 3.17. The minimum absolute atomic E-state index is 1.09. The van der Waals surface area contributed by atoms with Crippen molar-refractivity contribution in [2.75, 3.05) is 0 Å². The molecule has 0 aliphatic heterocycles. The Bertz CT molecular complexity index is 515. The Kier molecular flexibility index (Phi) is 2.06. The zero-order valence-electron chi connectivity index (χ0n) is 7.02. The molecule has 0 unspecified atom stereocenters. The standard InChI is InChI=1S/C10H6S4/c11-7-5-1-3-13-9(5)8(12)6-2-4-14-10(6)7/h1-4,11-12H. The number of thiol groups is 2. The Morgan fingerprint density at radius 3 is 1.64 bits per heavy atom. The van der Waals surface area contributed by atoms with Gasteiger partial charge in [0.1, 0.15) is 0 Å². The highest BCUT2D eigenvalue weighted by molar-refractivity contribution is 7.81. The van der Waals surface area contributed by atoms with E-state index < -0.39 is 0 Å². The molecule has 0 aliphatic rings. The van der Waals surface area contributed by atoms with E-state index in [2.05, 4.69) is 48.2 Å². The van der Waals surface area contributed by atoms with E-state index in [0.717, 1.165) is 9.79 Å². The number of benzene rings is 1. The van der Waals surface area contributed by atoms with Crippen molar-refractivity contribution in [3.05, 3.63) is 22.9 Å². The molecule has 0 bridgehead atoms. The first kappa shape index (κ1) is 9.09. The topological polar surface area (TPSA) is 0 Å². The van der Waals surface area contributed by atoms with Gasteiger partial charge in [0, 0.05) is 30.0 Å². The number of rotatable bonds is 0. The van der Waals surface area contributed by atoms with Crippen molar-refractivity contribution in [2.45, 2.75) is 9.79 Å². The van der Waals surface area contributed by atoms with Crippen molar-refractivity contribution in [3.63, 3.8) is 0 Å². The van der Waals surface area contributed by atoms with Crippen molar-refractivity contribution in [2.24, 2.45) is 0 Å². The molecule has 0 aliphatic carbocycles. The monoisotopic (exact) mass is 254 g/mol. The molecule has 0 saturated carbocycles. The van der Waals surface area contributed by atoms with Gasteiger partial charge < -0.3 is 0 Å². The third-order valence-corrected chi connectivity index (χ3v) is 5.37. The Hall–Kier alpha value is -0.160. The molecule has 2 aromatic heterocycles. The lowest BCUT2D eigenvalue weighted by Crippen LogP contribution is -1.73. The van der Waals surface area contributed by atoms with Gasteiger partial charge in [0.2, 0.25) is 0 Å². The molecule has 70 valence electrons. The highest BCUT2D eigenvalue weighted by Gasteiger charge is 2.11. The summed E-state index contributed by atoms with van der Waals surface area (Å²) in [6, 6.07) is 4.22. The van der Waals surface area contributed by atoms with Gasteiger partial charge in [0.15, 0.2) is 0 Å². The summed E-state index contributed by atoms with van der Waals surface area (Å²) in [5.41, 5.74) is 0. The molecule has 0 N–H and O–H groups in total. The minimum Gasteiger partial charge on any atom is -0.143 e. The molecule has 3 rings (SSSR count). The summed E-state index contributed by atoms with van der Waals surface area (Å²) < 4.78 is 2.48. The predicted octanol–water partition coefficient (Wildman–Crippen LogP) is 4.69. The van der Waals surface area contributed by atoms with E-state index >= 15 is 0 Å². The van der Waals surface area contributed by atoms with Gasteiger partial charge in [-0.25, -0.2) is 0 Å². The summed E-state index contributed by atoms with van der Waals surface area (Å²) in [6.07, 6.45) is 0. The lowest BCUT2D eigenvalue weighted by molar-refractivity contribution is 1.66. The van der Waals surface area contributed by atoms with Crippen molar-refractivity contribution >= 4 is 68.1 Å². The summed E-state index contributed by atoms with van der Waals surface area (Å²) in [6.45, 7) is 0. The lowest BCUT2D eigenvalue weighted by Gasteiger charge is -2.01. The third-order valence-electron chi connectivity index (χ3n) is 2.27. The van der Waals surface area contributed by atoms with Gasteiger partial charge in [0.05, 0.1) is 0 Å². The highest BCUT2D eigenvalue weighted by atomic mass is 32.1. The molecule has 14 heavy (non-hydrogen) atoms. The smallest absolute Gasteiger partial charge is 0.0494 e. The molecule has 4 heteroatoms. The van der Waals surface area contributed by atoms with Gasteiger partial charge in [0.25, 0.3) is 0 Å². The molecule has 0 saturated heterocycles. The van der Waals surface area contributed by atoms with Gasteiger partial charge in [-0.15, -0.1) is 47.9 Å². The van der Waals surface area contributed by atoms with Crippen molar-refractivity contribution in [1.82, 2.24) is 0 Å². The first-order chi connectivity index (χ1) is 6.79. The SMILES string of the molecule is Sc1c2ccsc2c(S)c2ccsc12. The van der Waals surface area contributed by atoms with Crippen LogP contribution in [0.1, 0.15) is 0 Å². The Morgan fingerprint density at radius 2 is 1.21 bits per heavy atom. The van der Waals surface area contributed by atoms with Crippen LogP contribution in [0.4, 0.5) is 0 Å². The number of hydrogen-bond donors (Lipinski definition) is 2. The van der Waals surface area contributed by atoms with Gasteiger partial charge >= 0.3 is 0 Å². The summed E-state index contributed by atoms with van der Waals surface area (Å²) in [7, 11) is 0. The zero-order valence-corrected chi connectivity index (χ0v) is 10.4. The number of thiophene rings is 2. The average molecular weight is 254 g/mol. The molecule has 0 fully saturated rings. The molecule has 0 spiro atoms. The van der Waals surface area contributed by atoms with Crippen LogP contribution in [-0.2, 0) is 0 Å². The minimum atomic E-state index is 1.09. The van der Waals surface area contributed by atoms with Crippen LogP contribution in [0.25, 0.3) is 20.2 Å². The highest BCUT2D eigenvalue weighted by Crippen LogP contribution is 2.41. The van der Waals surface area contributed by atoms with Crippen LogP contribution in [-0.4, -0.2) is 0 Å². The van der Waals surface area contributed by atoms with Gasteiger partial charge in [-0.05, 0) is 22.9 Å². The van der Waals surface area contributed by atoms with Crippen LogP contribution in [0.2, 0.25) is 0 Å². The first-order valence-electron chi connectivity index (χ1n) is 4.07. The normalized spacial score (nSPS) is 11.6. The maximum absolute atomic E-state index is 4.58. The van der Waals surface area contributed by atoms with Crippen LogP contribution in [0.5, 0.6) is 0 Å². The van der Waals surface area contributed by atoms with E-state index in [0.29, 0.717) is 0 Å². The molecule has 0 atom stereocenters. The molecule has 3 aromatic rings. The van der Waals surface area contributed by atoms with E-state index in [1.54, 1.807) is 22.7 Å². The summed E-state index contributed by atoms with van der Waals surface area (Å²) in [4.78, 5) is 2.17. The third kappa shape index (κ3) is 1.08. The summed E-state index contributed by atoms with van der Waals surface area (Å²) in [5, 5.41) is 6.62. The Morgan fingerprint density at radius 1 is 0.786 bits per heavy atom. The van der Waals surface area contributed by atoms with Crippen molar-refractivity contribution in [1.29, 1.82) is 0 Å². The van der Waals surface area contributed by atoms with Crippen LogP contribution in [0.3, 0.4) is 0 Å². The van der Waals surface area contributed by atoms with Gasteiger partial charge in [-0.3, -0.25) is 0 Å². The number of fused-ring (bicyclic) bond motifs is 2. The van der Waals surface area contributed by atoms with E-state index in [4.69, 9.17) is 0 Å². The molecule has 0 nitrogen and oxygen atoms in total. The average Bonchev–Trinajstić information content (AvgIpc) is 2.82. The Labute approximate surface area is 100 Å². The Balaban J connectivity index is 2.72. The molecule has 0 radical (unpaired) electrons. The van der Waals surface area contributed by atoms with E-state index in [1.807, 2.05) is 0 Å². The fraction of sp³-hybridized carbons (Fsp3) is 0. The lowest BCUT2D eigenvalue weighted by atomic mass is 10.2. The van der Waals surface area contributed by atoms with E-state index in [1.165, 1.54) is 20.2 Å². The fourth-order valence-electron chi connectivity index (χ4n) is 1.60. The second-order valence-corrected chi connectivity index (χ2v) is 5.75. The molecular weight excluding hydrogens is 248 g/mol. The largest absolute Gasteiger partial charge is 0.143 e. The van der Waals surface area contributed by atoms with Crippen LogP contribution >= 0.6 is 47.9 Å². The fourth-order valence-corrected chi connectivity index (χ4v) is 4.40. The van der Waals surface area contributed by atoms with Crippen LogP contribution in [0, 0.1) is 0 Å². The van der Waals surface area contributed by atoms with Crippen molar-refractivity contribution < 1.29 is 0 Å². The summed E-state index contributed by atoms with van der Waals surface area (Å²) in [5.74, 6) is 0.